The minimum atomic E-state index is -2.37. The van der Waals surface area contributed by atoms with Gasteiger partial charge < -0.3 is 25.8 Å². The minimum absolute atomic E-state index is 0.285. The Kier molecular flexibility index (Phi) is 8.74. The number of anilines is 5. The molecule has 0 bridgehead atoms. The van der Waals surface area contributed by atoms with E-state index in [1.165, 1.54) is 11.9 Å². The molecule has 38 heavy (non-hydrogen) atoms. The van der Waals surface area contributed by atoms with Crippen molar-refractivity contribution in [1.29, 1.82) is 0 Å². The van der Waals surface area contributed by atoms with E-state index in [1.54, 1.807) is 30.7 Å². The van der Waals surface area contributed by atoms with E-state index in [1.807, 2.05) is 19.1 Å². The molecule has 1 aliphatic heterocycles. The molecule has 1 aliphatic rings. The molecular formula is C26H35N9O2S. The molecule has 202 valence electrons. The first-order valence-electron chi connectivity index (χ1n) is 12.6. The second-order valence-corrected chi connectivity index (χ2v) is 12.0. The van der Waals surface area contributed by atoms with Gasteiger partial charge in [-0.2, -0.15) is 9.35 Å². The van der Waals surface area contributed by atoms with Gasteiger partial charge in [-0.25, -0.2) is 14.2 Å². The molecule has 1 aromatic carbocycles. The zero-order valence-corrected chi connectivity index (χ0v) is 23.1. The van der Waals surface area contributed by atoms with Crippen molar-refractivity contribution in [3.05, 3.63) is 54.2 Å². The summed E-state index contributed by atoms with van der Waals surface area (Å²) in [5.41, 5.74) is 2.29. The highest BCUT2D eigenvalue weighted by Crippen LogP contribution is 2.24. The molecule has 0 radical (unpaired) electrons. The highest BCUT2D eigenvalue weighted by atomic mass is 32.2. The second-order valence-electron chi connectivity index (χ2n) is 9.45. The molecule has 1 fully saturated rings. The number of carbonyl (C=O) groups is 1. The van der Waals surface area contributed by atoms with Gasteiger partial charge in [-0.1, -0.05) is 13.0 Å². The minimum Gasteiger partial charge on any atom is -0.369 e. The summed E-state index contributed by atoms with van der Waals surface area (Å²) in [5.74, 6) is 1.08. The molecule has 0 unspecified atom stereocenters. The molecule has 0 atom stereocenters. The van der Waals surface area contributed by atoms with Crippen LogP contribution in [0.25, 0.3) is 0 Å². The highest BCUT2D eigenvalue weighted by Gasteiger charge is 2.17. The zero-order chi connectivity index (χ0) is 27.1. The van der Waals surface area contributed by atoms with Crippen LogP contribution in [0, 0.1) is 0 Å². The van der Waals surface area contributed by atoms with Gasteiger partial charge in [0.25, 0.3) is 5.91 Å². The lowest BCUT2D eigenvalue weighted by Gasteiger charge is -2.34. The van der Waals surface area contributed by atoms with Gasteiger partial charge in [0, 0.05) is 72.5 Å². The van der Waals surface area contributed by atoms with Crippen LogP contribution in [0.5, 0.6) is 0 Å². The van der Waals surface area contributed by atoms with Crippen LogP contribution in [0.3, 0.4) is 0 Å². The summed E-state index contributed by atoms with van der Waals surface area (Å²) in [6.07, 6.45) is 5.38. The van der Waals surface area contributed by atoms with Crippen LogP contribution in [0.2, 0.25) is 0 Å². The van der Waals surface area contributed by atoms with Crippen molar-refractivity contribution < 1.29 is 9.00 Å². The van der Waals surface area contributed by atoms with Crippen LogP contribution in [0.1, 0.15) is 23.7 Å². The lowest BCUT2D eigenvalue weighted by Crippen LogP contribution is -2.44. The summed E-state index contributed by atoms with van der Waals surface area (Å²) in [6, 6.07) is 13.3. The van der Waals surface area contributed by atoms with E-state index >= 15 is 0 Å². The number of nitrogens with one attached hydrogen (secondary N) is 3. The van der Waals surface area contributed by atoms with Gasteiger partial charge in [0.15, 0.2) is 5.82 Å². The summed E-state index contributed by atoms with van der Waals surface area (Å²) in [6.45, 7) is 6.60. The van der Waals surface area contributed by atoms with E-state index in [0.717, 1.165) is 38.3 Å². The van der Waals surface area contributed by atoms with E-state index in [-0.39, 0.29) is 11.5 Å². The number of likely N-dealkylation sites (N-methyl/N-ethyl adjacent to an activating group) is 1. The Balaban J connectivity index is 1.56. The van der Waals surface area contributed by atoms with E-state index in [9.17, 15) is 9.00 Å². The third kappa shape index (κ3) is 7.62. The van der Waals surface area contributed by atoms with Crippen molar-refractivity contribution in [3.63, 3.8) is 0 Å². The fourth-order valence-corrected chi connectivity index (χ4v) is 4.43. The third-order valence-corrected chi connectivity index (χ3v) is 6.48. The highest BCUT2D eigenvalue weighted by molar-refractivity contribution is 7.92. The van der Waals surface area contributed by atoms with E-state index < -0.39 is 9.73 Å². The quantitative estimate of drug-likeness (QED) is 0.375. The van der Waals surface area contributed by atoms with Crippen LogP contribution in [-0.2, 0) is 9.73 Å². The number of carbonyl (C=O) groups excluding carboxylic acids is 1. The molecule has 3 N–H and O–H groups in total. The maximum Gasteiger partial charge on any atom is 0.256 e. The summed E-state index contributed by atoms with van der Waals surface area (Å²) < 4.78 is 16.3. The van der Waals surface area contributed by atoms with Crippen molar-refractivity contribution in [1.82, 2.24) is 25.2 Å². The summed E-state index contributed by atoms with van der Waals surface area (Å²) in [7, 11) is -0.232. The lowest BCUT2D eigenvalue weighted by molar-refractivity contribution is 0.0954. The maximum atomic E-state index is 12.8. The first-order valence-corrected chi connectivity index (χ1v) is 14.9. The van der Waals surface area contributed by atoms with Crippen molar-refractivity contribution >= 4 is 50.4 Å². The topological polar surface area (TPSA) is 128 Å². The van der Waals surface area contributed by atoms with Gasteiger partial charge in [0.05, 0.1) is 0 Å². The number of aromatic nitrogens is 3. The predicted octanol–water partition coefficient (Wildman–Crippen LogP) is 3.61. The van der Waals surface area contributed by atoms with Crippen molar-refractivity contribution in [2.24, 2.45) is 4.36 Å². The van der Waals surface area contributed by atoms with Crippen LogP contribution < -0.4 is 20.9 Å². The first kappa shape index (κ1) is 27.3. The fourth-order valence-electron chi connectivity index (χ4n) is 3.88. The molecule has 3 heterocycles. The molecule has 1 saturated heterocycles. The Morgan fingerprint density at radius 1 is 1.03 bits per heavy atom. The molecule has 11 nitrogen and oxygen atoms in total. The van der Waals surface area contributed by atoms with Crippen LogP contribution >= 0.6 is 0 Å². The van der Waals surface area contributed by atoms with Gasteiger partial charge >= 0.3 is 0 Å². The summed E-state index contributed by atoms with van der Waals surface area (Å²) in [5, 5.41) is 9.20. The first-order chi connectivity index (χ1) is 18.2. The second kappa shape index (κ2) is 12.2. The average Bonchev–Trinajstić information content (AvgIpc) is 2.88. The number of benzene rings is 1. The molecule has 4 rings (SSSR count). The normalized spacial score (nSPS) is 14.2. The Morgan fingerprint density at radius 3 is 2.45 bits per heavy atom. The van der Waals surface area contributed by atoms with Gasteiger partial charge in [0.1, 0.15) is 17.2 Å². The van der Waals surface area contributed by atoms with E-state index in [0.29, 0.717) is 29.9 Å². The standard InChI is InChI=1S/C26H35N9O2S/c1-5-13-27-25(36)21-18-28-26(29-19-9-11-20(12-10-19)35-16-14-34(2)15-17-35)32-24(21)31-22-7-6-8-23(30-22)33-38(3,4)37/h6-12,18H,5,13-17H2,1-4H3,(H,27,36)(H2,28,29,30,31,32). The maximum absolute atomic E-state index is 12.8. The van der Waals surface area contributed by atoms with Gasteiger partial charge in [-0.3, -0.25) is 4.79 Å². The molecular weight excluding hydrogens is 502 g/mol. The molecule has 12 heteroatoms. The Morgan fingerprint density at radius 2 is 1.76 bits per heavy atom. The van der Waals surface area contributed by atoms with Crippen molar-refractivity contribution in [3.8, 4) is 0 Å². The van der Waals surface area contributed by atoms with Crippen LogP contribution in [-0.4, -0.2) is 82.3 Å². The fraction of sp³-hybridized carbons (Fsp3) is 0.385. The Labute approximate surface area is 224 Å². The van der Waals surface area contributed by atoms with Gasteiger partial charge in [0.2, 0.25) is 5.95 Å². The SMILES string of the molecule is CCCNC(=O)c1cnc(Nc2ccc(N3CCN(C)CC3)cc2)nc1Nc1cccc(N=S(C)(C)=O)n1. The molecule has 1 amide bonds. The predicted molar refractivity (Wildman–Crippen MR) is 154 cm³/mol. The zero-order valence-electron chi connectivity index (χ0n) is 22.3. The molecule has 0 aliphatic carbocycles. The lowest BCUT2D eigenvalue weighted by atomic mass is 10.2. The van der Waals surface area contributed by atoms with Crippen LogP contribution in [0.4, 0.5) is 34.8 Å². The van der Waals surface area contributed by atoms with Crippen molar-refractivity contribution in [2.75, 3.05) is 67.8 Å². The number of amides is 1. The number of hydrogen-bond donors (Lipinski definition) is 3. The number of nitrogens with zero attached hydrogens (tertiary/aromatic N) is 6. The molecule has 2 aromatic heterocycles. The van der Waals surface area contributed by atoms with Crippen LogP contribution in [0.15, 0.2) is 53.0 Å². The smallest absolute Gasteiger partial charge is 0.256 e. The number of pyridine rings is 1. The Bertz CT molecular complexity index is 1370. The average molecular weight is 538 g/mol. The van der Waals surface area contributed by atoms with Crippen molar-refractivity contribution in [2.45, 2.75) is 13.3 Å². The van der Waals surface area contributed by atoms with Gasteiger partial charge in [-0.05, 0) is 49.9 Å². The molecule has 3 aromatic rings. The molecule has 0 spiro atoms. The monoisotopic (exact) mass is 537 g/mol. The Hall–Kier alpha value is -3.77. The summed E-state index contributed by atoms with van der Waals surface area (Å²) >= 11 is 0. The third-order valence-electron chi connectivity index (χ3n) is 5.86. The van der Waals surface area contributed by atoms with Gasteiger partial charge in [-0.15, -0.1) is 0 Å². The number of piperazine rings is 1. The number of hydrogen-bond acceptors (Lipinski definition) is 10. The number of rotatable bonds is 9. The largest absolute Gasteiger partial charge is 0.369 e. The molecule has 0 saturated carbocycles. The van der Waals surface area contributed by atoms with E-state index in [4.69, 9.17) is 0 Å². The van der Waals surface area contributed by atoms with E-state index in [2.05, 4.69) is 64.2 Å². The summed E-state index contributed by atoms with van der Waals surface area (Å²) in [4.78, 5) is 30.9.